The molecule has 3 unspecified atom stereocenters. The van der Waals surface area contributed by atoms with Crippen molar-refractivity contribution >= 4 is 39.0 Å². The van der Waals surface area contributed by atoms with E-state index >= 15 is 0 Å². The third-order valence-corrected chi connectivity index (χ3v) is 8.48. The van der Waals surface area contributed by atoms with Gasteiger partial charge in [0.1, 0.15) is 22.1 Å². The van der Waals surface area contributed by atoms with Crippen LogP contribution in [0, 0.1) is 19.8 Å². The summed E-state index contributed by atoms with van der Waals surface area (Å²) in [5.74, 6) is -3.52. The maximum Gasteiger partial charge on any atom is 0.276 e. The van der Waals surface area contributed by atoms with Crippen LogP contribution in [0.25, 0.3) is 10.2 Å². The molecule has 4 heterocycles. The lowest BCUT2D eigenvalue weighted by atomic mass is 9.91. The average molecular weight is 531 g/mol. The van der Waals surface area contributed by atoms with Crippen LogP contribution in [0.5, 0.6) is 0 Å². The number of nitrogens with one attached hydrogen (secondary N) is 1. The number of anilines is 2. The van der Waals surface area contributed by atoms with Crippen LogP contribution in [0.2, 0.25) is 0 Å². The number of halogens is 2. The molecule has 8 nitrogen and oxygen atoms in total. The summed E-state index contributed by atoms with van der Waals surface area (Å²) in [6.07, 6.45) is 2.05. The maximum atomic E-state index is 14.4. The molecule has 1 saturated heterocycles. The van der Waals surface area contributed by atoms with Gasteiger partial charge < -0.3 is 26.4 Å². The van der Waals surface area contributed by atoms with E-state index in [0.29, 0.717) is 35.8 Å². The van der Waals surface area contributed by atoms with E-state index in [1.165, 1.54) is 18.4 Å². The third-order valence-electron chi connectivity index (χ3n) is 7.38. The van der Waals surface area contributed by atoms with Crippen molar-refractivity contribution in [2.75, 3.05) is 37.4 Å². The van der Waals surface area contributed by atoms with Gasteiger partial charge in [-0.3, -0.25) is 4.79 Å². The second-order valence-corrected chi connectivity index (χ2v) is 11.2. The number of aryl methyl sites for hydroxylation is 3. The average Bonchev–Trinajstić information content (AvgIpc) is 3.39. The largest absolute Gasteiger partial charge is 0.397 e. The number of fused-ring (bicyclic) bond motifs is 2. The number of rotatable bonds is 6. The first kappa shape index (κ1) is 25.7. The van der Waals surface area contributed by atoms with E-state index in [2.05, 4.69) is 10.3 Å². The molecule has 1 fully saturated rings. The third kappa shape index (κ3) is 4.87. The first-order valence-electron chi connectivity index (χ1n) is 12.4. The quantitative estimate of drug-likeness (QED) is 0.448. The molecule has 11 heteroatoms. The Hall–Kier alpha value is -2.89. The summed E-state index contributed by atoms with van der Waals surface area (Å²) in [5.41, 5.74) is 16.8. The van der Waals surface area contributed by atoms with Crippen LogP contribution >= 0.6 is 11.3 Å². The van der Waals surface area contributed by atoms with Crippen molar-refractivity contribution in [1.29, 1.82) is 0 Å². The van der Waals surface area contributed by atoms with E-state index in [1.54, 1.807) is 0 Å². The van der Waals surface area contributed by atoms with E-state index in [0.717, 1.165) is 39.2 Å². The highest BCUT2D eigenvalue weighted by Crippen LogP contribution is 2.36. The van der Waals surface area contributed by atoms with Crippen LogP contribution < -0.4 is 21.7 Å². The number of hydrogen-bond donors (Lipinski definition) is 3. The molecule has 0 bridgehead atoms. The molecule has 1 amide bonds. The smallest absolute Gasteiger partial charge is 0.276 e. The minimum Gasteiger partial charge on any atom is -0.397 e. The van der Waals surface area contributed by atoms with Crippen LogP contribution in [0.4, 0.5) is 20.3 Å². The molecule has 0 spiro atoms. The van der Waals surface area contributed by atoms with Gasteiger partial charge in [0.2, 0.25) is 0 Å². The molecule has 2 aliphatic rings. The van der Waals surface area contributed by atoms with E-state index in [9.17, 15) is 13.6 Å². The van der Waals surface area contributed by atoms with Gasteiger partial charge in [-0.25, -0.2) is 18.7 Å². The summed E-state index contributed by atoms with van der Waals surface area (Å²) in [7, 11) is 1.27. The van der Waals surface area contributed by atoms with Gasteiger partial charge in [-0.15, -0.1) is 11.3 Å². The number of nitrogens with two attached hydrogens (primary N) is 2. The molecule has 5 rings (SSSR count). The Labute approximate surface area is 218 Å². The van der Waals surface area contributed by atoms with Crippen LogP contribution in [-0.4, -0.2) is 60.7 Å². The monoisotopic (exact) mass is 530 g/mol. The molecule has 1 aliphatic carbocycles. The van der Waals surface area contributed by atoms with Gasteiger partial charge in [0.15, 0.2) is 0 Å². The zero-order chi connectivity index (χ0) is 26.5. The number of ether oxygens (including phenoxy) is 1. The number of nitrogens with zero attached hydrogens (tertiary/aromatic N) is 3. The first-order valence-corrected chi connectivity index (χ1v) is 13.2. The Bertz CT molecular complexity index is 1350. The highest BCUT2D eigenvalue weighted by Gasteiger charge is 2.48. The molecule has 0 saturated carbocycles. The number of alkyl halides is 2. The topological polar surface area (TPSA) is 119 Å². The van der Waals surface area contributed by atoms with Crippen LogP contribution in [0.1, 0.15) is 38.6 Å². The summed E-state index contributed by atoms with van der Waals surface area (Å²) >= 11 is 1.32. The van der Waals surface area contributed by atoms with Crippen LogP contribution in [0.15, 0.2) is 18.2 Å². The summed E-state index contributed by atoms with van der Waals surface area (Å²) < 4.78 is 33.6. The molecule has 5 N–H and O–H groups in total. The van der Waals surface area contributed by atoms with E-state index < -0.39 is 24.5 Å². The van der Waals surface area contributed by atoms with Crippen LogP contribution in [-0.2, 0) is 17.6 Å². The molecule has 3 atom stereocenters. The molecule has 0 aromatic carbocycles. The minimum absolute atomic E-state index is 0.0506. The Morgan fingerprint density at radius 2 is 2.08 bits per heavy atom. The van der Waals surface area contributed by atoms with Gasteiger partial charge in [-0.1, -0.05) is 6.07 Å². The SMILES string of the molecule is COCC(F)(F)C1CN(c2ccc3c(n2)CCC(NC(=O)c2sc4nc(C)cc(C)c4c2N)C3)CC1N. The summed E-state index contributed by atoms with van der Waals surface area (Å²) in [6.45, 7) is 3.70. The fourth-order valence-electron chi connectivity index (χ4n) is 5.55. The Balaban J connectivity index is 1.27. The number of aromatic nitrogens is 2. The molecule has 37 heavy (non-hydrogen) atoms. The van der Waals surface area contributed by atoms with Gasteiger partial charge in [0.05, 0.1) is 11.6 Å². The molecule has 3 aromatic rings. The van der Waals surface area contributed by atoms with Crippen molar-refractivity contribution in [3.05, 3.63) is 45.6 Å². The van der Waals surface area contributed by atoms with E-state index in [-0.39, 0.29) is 18.5 Å². The zero-order valence-corrected chi connectivity index (χ0v) is 22.0. The van der Waals surface area contributed by atoms with Gasteiger partial charge in [-0.05, 0) is 56.4 Å². The summed E-state index contributed by atoms with van der Waals surface area (Å²) in [6, 6.07) is 5.09. The predicted molar refractivity (Wildman–Crippen MR) is 142 cm³/mol. The normalized spacial score (nSPS) is 21.9. The molecule has 1 aliphatic heterocycles. The van der Waals surface area contributed by atoms with Gasteiger partial charge in [0.25, 0.3) is 11.8 Å². The maximum absolute atomic E-state index is 14.4. The zero-order valence-electron chi connectivity index (χ0n) is 21.2. The molecule has 0 radical (unpaired) electrons. The minimum atomic E-state index is -2.99. The van der Waals surface area contributed by atoms with Crippen molar-refractivity contribution in [3.63, 3.8) is 0 Å². The molecular weight excluding hydrogens is 498 g/mol. The first-order chi connectivity index (χ1) is 17.6. The summed E-state index contributed by atoms with van der Waals surface area (Å²) in [5, 5.41) is 3.98. The van der Waals surface area contributed by atoms with E-state index in [1.807, 2.05) is 36.9 Å². The van der Waals surface area contributed by atoms with Crippen molar-refractivity contribution in [2.24, 2.45) is 11.7 Å². The van der Waals surface area contributed by atoms with Gasteiger partial charge in [-0.2, -0.15) is 0 Å². The number of nitrogen functional groups attached to an aromatic ring is 1. The molecular formula is C26H32F2N6O2S. The Morgan fingerprint density at radius 3 is 2.84 bits per heavy atom. The van der Waals surface area contributed by atoms with Crippen LogP contribution in [0.3, 0.4) is 0 Å². The molecule has 198 valence electrons. The second kappa shape index (κ2) is 9.77. The van der Waals surface area contributed by atoms with Gasteiger partial charge in [0, 0.05) is 49.1 Å². The van der Waals surface area contributed by atoms with E-state index in [4.69, 9.17) is 21.2 Å². The number of hydrogen-bond acceptors (Lipinski definition) is 8. The number of amides is 1. The van der Waals surface area contributed by atoms with Crippen molar-refractivity contribution in [3.8, 4) is 0 Å². The van der Waals surface area contributed by atoms with Crippen molar-refractivity contribution in [2.45, 2.75) is 51.1 Å². The lowest BCUT2D eigenvalue weighted by Gasteiger charge is -2.27. The number of thiophene rings is 1. The number of pyridine rings is 2. The number of methoxy groups -OCH3 is 1. The predicted octanol–water partition coefficient (Wildman–Crippen LogP) is 3.22. The van der Waals surface area contributed by atoms with Crippen molar-refractivity contribution < 1.29 is 18.3 Å². The second-order valence-electron chi connectivity index (χ2n) is 10.2. The Morgan fingerprint density at radius 1 is 1.30 bits per heavy atom. The van der Waals surface area contributed by atoms with Crippen molar-refractivity contribution in [1.82, 2.24) is 15.3 Å². The number of carbonyl (C=O) groups is 1. The molecule has 3 aromatic heterocycles. The lowest BCUT2D eigenvalue weighted by molar-refractivity contribution is -0.105. The highest BCUT2D eigenvalue weighted by molar-refractivity contribution is 7.21. The fourth-order valence-corrected chi connectivity index (χ4v) is 6.67. The highest BCUT2D eigenvalue weighted by atomic mass is 32.1. The lowest BCUT2D eigenvalue weighted by Crippen LogP contribution is -2.43. The summed E-state index contributed by atoms with van der Waals surface area (Å²) in [4.78, 5) is 25.5. The fraction of sp³-hybridized carbons (Fsp3) is 0.500. The van der Waals surface area contributed by atoms with Gasteiger partial charge >= 0.3 is 0 Å². The number of carbonyl (C=O) groups excluding carboxylic acids is 1. The standard InChI is InChI=1S/C26H32F2N6O2S/c1-13-8-14(2)31-25-21(13)22(30)23(37-25)24(35)32-16-5-6-19-15(9-16)4-7-20(33-19)34-10-17(18(29)11-34)26(27,28)12-36-3/h4,7-8,16-18H,5-6,9-12,29-30H2,1-3H3,(H,32,35). The Kier molecular flexibility index (Phi) is 6.80.